The lowest BCUT2D eigenvalue weighted by atomic mass is 9.87. The largest absolute Gasteiger partial charge is 0.355 e. The van der Waals surface area contributed by atoms with Gasteiger partial charge >= 0.3 is 0 Å². The van der Waals surface area contributed by atoms with E-state index in [0.717, 1.165) is 17.7 Å². The minimum absolute atomic E-state index is 0.101. The molecule has 1 aliphatic rings. The lowest BCUT2D eigenvalue weighted by Crippen LogP contribution is -2.42. The molecule has 1 aliphatic heterocycles. The molecule has 4 rings (SSSR count). The molecule has 9 heteroatoms. The summed E-state index contributed by atoms with van der Waals surface area (Å²) in [6.07, 6.45) is 0.768. The fraction of sp³-hybridized carbons (Fsp3) is 0.370. The van der Waals surface area contributed by atoms with Crippen LogP contribution in [0.4, 0.5) is 14.6 Å². The Labute approximate surface area is 214 Å². The summed E-state index contributed by atoms with van der Waals surface area (Å²) in [7, 11) is 0. The normalized spacial score (nSPS) is 16.0. The number of nitrogens with one attached hydrogen (secondary N) is 1. The van der Waals surface area contributed by atoms with E-state index in [2.05, 4.69) is 5.32 Å². The highest BCUT2D eigenvalue weighted by atomic mass is 32.2. The minimum Gasteiger partial charge on any atom is -0.355 e. The number of amides is 2. The molecular formula is C27H30F2N4O2S. The van der Waals surface area contributed by atoms with Crippen LogP contribution in [0.2, 0.25) is 0 Å². The number of hydrogen-bond donors (Lipinski definition) is 1. The van der Waals surface area contributed by atoms with Crippen molar-refractivity contribution in [2.24, 2.45) is 0 Å². The van der Waals surface area contributed by atoms with Crippen LogP contribution in [-0.2, 0) is 15.0 Å². The first-order valence-corrected chi connectivity index (χ1v) is 13.0. The number of carbonyl (C=O) groups excluding carboxylic acids is 2. The van der Waals surface area contributed by atoms with Gasteiger partial charge in [-0.15, -0.1) is 11.8 Å². The molecule has 3 aromatic rings. The number of nitrogens with zero attached hydrogens (tertiary/aromatic N) is 3. The van der Waals surface area contributed by atoms with Crippen molar-refractivity contribution in [3.63, 3.8) is 0 Å². The zero-order valence-electron chi connectivity index (χ0n) is 20.8. The van der Waals surface area contributed by atoms with Crippen molar-refractivity contribution in [2.75, 3.05) is 23.7 Å². The average molecular weight is 513 g/mol. The van der Waals surface area contributed by atoms with E-state index in [-0.39, 0.29) is 29.9 Å². The summed E-state index contributed by atoms with van der Waals surface area (Å²) in [5.74, 6) is -0.756. The van der Waals surface area contributed by atoms with Crippen LogP contribution in [-0.4, -0.2) is 40.4 Å². The quantitative estimate of drug-likeness (QED) is 0.497. The van der Waals surface area contributed by atoms with Crippen molar-refractivity contribution < 1.29 is 18.4 Å². The second-order valence-electron chi connectivity index (χ2n) is 9.80. The van der Waals surface area contributed by atoms with Gasteiger partial charge in [0.25, 0.3) is 0 Å². The Morgan fingerprint density at radius 3 is 2.50 bits per heavy atom. The van der Waals surface area contributed by atoms with Gasteiger partial charge in [-0.05, 0) is 48.4 Å². The van der Waals surface area contributed by atoms with Gasteiger partial charge in [0.2, 0.25) is 11.8 Å². The van der Waals surface area contributed by atoms with Gasteiger partial charge in [0.1, 0.15) is 24.0 Å². The smallest absolute Gasteiger partial charge is 0.240 e. The van der Waals surface area contributed by atoms with Crippen LogP contribution in [0.15, 0.2) is 48.5 Å². The summed E-state index contributed by atoms with van der Waals surface area (Å²) in [6.45, 7) is 8.32. The maximum atomic E-state index is 14.3. The highest BCUT2D eigenvalue weighted by Gasteiger charge is 2.40. The van der Waals surface area contributed by atoms with E-state index >= 15 is 0 Å². The number of fused-ring (bicyclic) bond motifs is 1. The van der Waals surface area contributed by atoms with Gasteiger partial charge in [0.15, 0.2) is 0 Å². The van der Waals surface area contributed by atoms with E-state index in [0.29, 0.717) is 23.6 Å². The Morgan fingerprint density at radius 1 is 1.14 bits per heavy atom. The summed E-state index contributed by atoms with van der Waals surface area (Å²) >= 11 is 1.38. The van der Waals surface area contributed by atoms with Crippen molar-refractivity contribution in [3.8, 4) is 5.69 Å². The van der Waals surface area contributed by atoms with E-state index in [4.69, 9.17) is 5.10 Å². The van der Waals surface area contributed by atoms with E-state index in [1.54, 1.807) is 22.9 Å². The van der Waals surface area contributed by atoms with Crippen molar-refractivity contribution >= 4 is 29.4 Å². The van der Waals surface area contributed by atoms with Gasteiger partial charge in [-0.1, -0.05) is 39.8 Å². The zero-order valence-corrected chi connectivity index (χ0v) is 21.7. The molecule has 1 atom stereocenters. The molecule has 0 radical (unpaired) electrons. The molecule has 2 aromatic carbocycles. The first-order chi connectivity index (χ1) is 17.1. The van der Waals surface area contributed by atoms with Gasteiger partial charge < -0.3 is 5.32 Å². The lowest BCUT2D eigenvalue weighted by Gasteiger charge is -2.24. The second kappa shape index (κ2) is 10.4. The van der Waals surface area contributed by atoms with Crippen molar-refractivity contribution in [2.45, 2.75) is 44.8 Å². The topological polar surface area (TPSA) is 67.2 Å². The minimum atomic E-state index is -0.439. The summed E-state index contributed by atoms with van der Waals surface area (Å²) in [5, 5.41) is 7.36. The molecule has 0 fully saturated rings. The van der Waals surface area contributed by atoms with Crippen LogP contribution in [0.1, 0.15) is 56.2 Å². The van der Waals surface area contributed by atoms with E-state index in [1.807, 2.05) is 33.8 Å². The SMILES string of the molecule is CCCNC(=O)CN1C(=O)CS[C@@H](c2cccc(F)c2)c2c(C(C)(C)C)nn(-c3ccc(F)cc3)c21. The fourth-order valence-electron chi connectivity index (χ4n) is 4.23. The Bertz CT molecular complexity index is 1270. The lowest BCUT2D eigenvalue weighted by molar-refractivity contribution is -0.122. The summed E-state index contributed by atoms with van der Waals surface area (Å²) in [4.78, 5) is 27.7. The van der Waals surface area contributed by atoms with Gasteiger partial charge in [0, 0.05) is 17.5 Å². The molecule has 2 heterocycles. The highest BCUT2D eigenvalue weighted by molar-refractivity contribution is 8.00. The van der Waals surface area contributed by atoms with Gasteiger partial charge in [-0.3, -0.25) is 14.5 Å². The Balaban J connectivity index is 1.99. The monoisotopic (exact) mass is 512 g/mol. The van der Waals surface area contributed by atoms with Crippen LogP contribution in [0.25, 0.3) is 5.69 Å². The fourth-order valence-corrected chi connectivity index (χ4v) is 5.42. The van der Waals surface area contributed by atoms with Crippen molar-refractivity contribution in [3.05, 3.63) is 77.0 Å². The predicted octanol–water partition coefficient (Wildman–Crippen LogP) is 5.14. The Hall–Kier alpha value is -3.20. The molecule has 1 N–H and O–H groups in total. The van der Waals surface area contributed by atoms with Crippen LogP contribution in [0, 0.1) is 11.6 Å². The summed E-state index contributed by atoms with van der Waals surface area (Å²) in [6, 6.07) is 12.2. The summed E-state index contributed by atoms with van der Waals surface area (Å²) < 4.78 is 29.7. The second-order valence-corrected chi connectivity index (χ2v) is 10.9. The molecule has 0 saturated heterocycles. The number of hydrogen-bond acceptors (Lipinski definition) is 4. The molecule has 2 amide bonds. The number of benzene rings is 2. The average Bonchev–Trinajstić information content (AvgIpc) is 3.16. The third kappa shape index (κ3) is 5.31. The molecule has 1 aromatic heterocycles. The standard InChI is InChI=1S/C27H30F2N4O2S/c1-5-13-30-21(34)15-32-22(35)16-36-24(17-7-6-8-19(29)14-17)23-25(27(2,3)4)31-33(26(23)32)20-11-9-18(28)10-12-20/h6-12,14,24H,5,13,15-16H2,1-4H3,(H,30,34)/t24-/m0/s1. The van der Waals surface area contributed by atoms with Gasteiger partial charge in [0.05, 0.1) is 22.4 Å². The first-order valence-electron chi connectivity index (χ1n) is 11.9. The van der Waals surface area contributed by atoms with E-state index in [9.17, 15) is 18.4 Å². The maximum absolute atomic E-state index is 14.3. The maximum Gasteiger partial charge on any atom is 0.240 e. The van der Waals surface area contributed by atoms with Gasteiger partial charge in [-0.25, -0.2) is 13.5 Å². The third-order valence-corrected chi connectivity index (χ3v) is 7.15. The number of anilines is 1. The van der Waals surface area contributed by atoms with Crippen molar-refractivity contribution in [1.82, 2.24) is 15.1 Å². The van der Waals surface area contributed by atoms with Gasteiger partial charge in [-0.2, -0.15) is 5.10 Å². The van der Waals surface area contributed by atoms with Crippen molar-refractivity contribution in [1.29, 1.82) is 0 Å². The molecule has 0 bridgehead atoms. The Kier molecular flexibility index (Phi) is 7.49. The number of aromatic nitrogens is 2. The molecule has 190 valence electrons. The van der Waals surface area contributed by atoms with Crippen LogP contribution in [0.5, 0.6) is 0 Å². The third-order valence-electron chi connectivity index (χ3n) is 5.90. The van der Waals surface area contributed by atoms with Crippen LogP contribution in [0.3, 0.4) is 0 Å². The highest BCUT2D eigenvalue weighted by Crippen LogP contribution is 2.48. The molecule has 6 nitrogen and oxygen atoms in total. The van der Waals surface area contributed by atoms with Crippen LogP contribution >= 0.6 is 11.8 Å². The number of carbonyl (C=O) groups is 2. The number of halogens is 2. The molecular weight excluding hydrogens is 482 g/mol. The number of thioether (sulfide) groups is 1. The first kappa shape index (κ1) is 25.9. The molecule has 0 saturated carbocycles. The molecule has 0 unspecified atom stereocenters. The van der Waals surface area contributed by atoms with Crippen LogP contribution < -0.4 is 10.2 Å². The molecule has 36 heavy (non-hydrogen) atoms. The Morgan fingerprint density at radius 2 is 1.86 bits per heavy atom. The van der Waals surface area contributed by atoms with E-state index in [1.165, 1.54) is 40.9 Å². The van der Waals surface area contributed by atoms with E-state index < -0.39 is 16.5 Å². The number of rotatable bonds is 6. The molecule has 0 spiro atoms. The summed E-state index contributed by atoms with van der Waals surface area (Å²) in [5.41, 5.74) is 2.29. The zero-order chi connectivity index (χ0) is 26.0. The molecule has 0 aliphatic carbocycles. The predicted molar refractivity (Wildman–Crippen MR) is 139 cm³/mol.